The van der Waals surface area contributed by atoms with Crippen molar-refractivity contribution in [3.8, 4) is 0 Å². The number of benzene rings is 1. The van der Waals surface area contributed by atoms with Crippen molar-refractivity contribution in [3.05, 3.63) is 34.9 Å². The molecule has 2 rings (SSSR count). The smallest absolute Gasteiger partial charge is 0.315 e. The predicted octanol–water partition coefficient (Wildman–Crippen LogP) is 3.34. The van der Waals surface area contributed by atoms with Crippen molar-refractivity contribution in [1.29, 1.82) is 0 Å². The van der Waals surface area contributed by atoms with Gasteiger partial charge in [-0.2, -0.15) is 0 Å². The number of nitrogens with zero attached hydrogens (tertiary/aromatic N) is 1. The van der Waals surface area contributed by atoms with E-state index in [1.165, 1.54) is 0 Å². The highest BCUT2D eigenvalue weighted by Gasteiger charge is 2.24. The second kappa shape index (κ2) is 5.41. The molecule has 1 heterocycles. The Morgan fingerprint density at radius 2 is 1.94 bits per heavy atom. The van der Waals surface area contributed by atoms with Gasteiger partial charge in [-0.3, -0.25) is 0 Å². The standard InChI is InChI=1S/C13H17ClN2O/c14-11-7-5-10(6-8-11)12-4-2-1-3-9-16(12)13(15)17/h5-8,12H,1-4,9H2,(H2,15,17). The molecule has 0 aliphatic carbocycles. The van der Waals surface area contributed by atoms with Crippen LogP contribution in [0.15, 0.2) is 24.3 Å². The van der Waals surface area contributed by atoms with E-state index in [0.29, 0.717) is 5.02 Å². The van der Waals surface area contributed by atoms with Crippen molar-refractivity contribution >= 4 is 17.6 Å². The Hall–Kier alpha value is -1.22. The highest BCUT2D eigenvalue weighted by molar-refractivity contribution is 6.30. The second-order valence-electron chi connectivity index (χ2n) is 4.45. The molecule has 0 radical (unpaired) electrons. The van der Waals surface area contributed by atoms with E-state index < -0.39 is 0 Å². The first-order valence-corrected chi connectivity index (χ1v) is 6.38. The molecule has 1 aliphatic heterocycles. The van der Waals surface area contributed by atoms with Crippen molar-refractivity contribution in [2.24, 2.45) is 5.73 Å². The van der Waals surface area contributed by atoms with Crippen molar-refractivity contribution in [2.75, 3.05) is 6.54 Å². The highest BCUT2D eigenvalue weighted by Crippen LogP contribution is 2.30. The van der Waals surface area contributed by atoms with Crippen LogP contribution in [-0.2, 0) is 0 Å². The van der Waals surface area contributed by atoms with E-state index in [2.05, 4.69) is 0 Å². The lowest BCUT2D eigenvalue weighted by molar-refractivity contribution is 0.185. The zero-order valence-corrected chi connectivity index (χ0v) is 10.5. The maximum Gasteiger partial charge on any atom is 0.315 e. The number of hydrogen-bond donors (Lipinski definition) is 1. The summed E-state index contributed by atoms with van der Waals surface area (Å²) in [6.07, 6.45) is 4.31. The van der Waals surface area contributed by atoms with Gasteiger partial charge in [0.2, 0.25) is 0 Å². The molecular formula is C13H17ClN2O. The number of nitrogens with two attached hydrogens (primary N) is 1. The van der Waals surface area contributed by atoms with E-state index in [1.54, 1.807) is 4.90 Å². The lowest BCUT2D eigenvalue weighted by Crippen LogP contribution is -2.38. The van der Waals surface area contributed by atoms with Crippen LogP contribution >= 0.6 is 11.6 Å². The van der Waals surface area contributed by atoms with E-state index in [-0.39, 0.29) is 12.1 Å². The fourth-order valence-electron chi connectivity index (χ4n) is 2.40. The fourth-order valence-corrected chi connectivity index (χ4v) is 2.53. The number of halogens is 1. The average Bonchev–Trinajstić information content (AvgIpc) is 2.55. The van der Waals surface area contributed by atoms with Crippen LogP contribution in [0.25, 0.3) is 0 Å². The Kier molecular flexibility index (Phi) is 3.89. The average molecular weight is 253 g/mol. The van der Waals surface area contributed by atoms with Gasteiger partial charge >= 0.3 is 6.03 Å². The first-order valence-electron chi connectivity index (χ1n) is 6.00. The van der Waals surface area contributed by atoms with Gasteiger partial charge in [0.15, 0.2) is 0 Å². The zero-order chi connectivity index (χ0) is 12.3. The van der Waals surface area contributed by atoms with Gasteiger partial charge in [0.25, 0.3) is 0 Å². The van der Waals surface area contributed by atoms with E-state index in [0.717, 1.165) is 37.8 Å². The van der Waals surface area contributed by atoms with E-state index >= 15 is 0 Å². The lowest BCUT2D eigenvalue weighted by atomic mass is 10.0. The molecule has 1 aromatic carbocycles. The van der Waals surface area contributed by atoms with Gasteiger partial charge in [-0.1, -0.05) is 36.6 Å². The van der Waals surface area contributed by atoms with Gasteiger partial charge in [0.1, 0.15) is 0 Å². The number of primary amides is 1. The number of hydrogen-bond acceptors (Lipinski definition) is 1. The SMILES string of the molecule is NC(=O)N1CCCCCC1c1ccc(Cl)cc1. The summed E-state index contributed by atoms with van der Waals surface area (Å²) >= 11 is 5.88. The van der Waals surface area contributed by atoms with Crippen molar-refractivity contribution in [1.82, 2.24) is 4.90 Å². The van der Waals surface area contributed by atoms with Crippen LogP contribution in [0, 0.1) is 0 Å². The third-order valence-corrected chi connectivity index (χ3v) is 3.54. The predicted molar refractivity (Wildman–Crippen MR) is 69.0 cm³/mol. The summed E-state index contributed by atoms with van der Waals surface area (Å²) in [6.45, 7) is 0.753. The van der Waals surface area contributed by atoms with Crippen LogP contribution < -0.4 is 5.73 Å². The molecule has 2 N–H and O–H groups in total. The van der Waals surface area contributed by atoms with Crippen LogP contribution in [-0.4, -0.2) is 17.5 Å². The first-order chi connectivity index (χ1) is 8.18. The zero-order valence-electron chi connectivity index (χ0n) is 9.73. The molecule has 2 amide bonds. The fraction of sp³-hybridized carbons (Fsp3) is 0.462. The van der Waals surface area contributed by atoms with Crippen LogP contribution in [0.5, 0.6) is 0 Å². The molecule has 17 heavy (non-hydrogen) atoms. The van der Waals surface area contributed by atoms with Gasteiger partial charge in [0, 0.05) is 11.6 Å². The minimum atomic E-state index is -0.327. The molecule has 0 spiro atoms. The number of amides is 2. The molecule has 1 unspecified atom stereocenters. The molecule has 1 atom stereocenters. The molecule has 0 aromatic heterocycles. The molecule has 0 bridgehead atoms. The van der Waals surface area contributed by atoms with Crippen molar-refractivity contribution < 1.29 is 4.79 Å². The summed E-state index contributed by atoms with van der Waals surface area (Å²) in [7, 11) is 0. The van der Waals surface area contributed by atoms with Crippen LogP contribution in [0.3, 0.4) is 0 Å². The van der Waals surface area contributed by atoms with Crippen LogP contribution in [0.4, 0.5) is 4.79 Å². The monoisotopic (exact) mass is 252 g/mol. The highest BCUT2D eigenvalue weighted by atomic mass is 35.5. The second-order valence-corrected chi connectivity index (χ2v) is 4.88. The van der Waals surface area contributed by atoms with Gasteiger partial charge in [-0.05, 0) is 30.5 Å². The maximum atomic E-state index is 11.5. The molecule has 4 heteroatoms. The number of rotatable bonds is 1. The van der Waals surface area contributed by atoms with E-state index in [1.807, 2.05) is 24.3 Å². The van der Waals surface area contributed by atoms with Gasteiger partial charge in [-0.15, -0.1) is 0 Å². The molecule has 1 fully saturated rings. The van der Waals surface area contributed by atoms with Gasteiger partial charge in [-0.25, -0.2) is 4.79 Å². The molecule has 1 saturated heterocycles. The molecule has 3 nitrogen and oxygen atoms in total. The first kappa shape index (κ1) is 12.2. The van der Waals surface area contributed by atoms with Gasteiger partial charge in [0.05, 0.1) is 6.04 Å². The number of carbonyl (C=O) groups excluding carboxylic acids is 1. The molecule has 0 saturated carbocycles. The number of urea groups is 1. The summed E-state index contributed by atoms with van der Waals surface area (Å²) in [5.41, 5.74) is 6.58. The minimum Gasteiger partial charge on any atom is -0.351 e. The maximum absolute atomic E-state index is 11.5. The van der Waals surface area contributed by atoms with E-state index in [4.69, 9.17) is 17.3 Å². The minimum absolute atomic E-state index is 0.104. The Labute approximate surface area is 107 Å². The molecular weight excluding hydrogens is 236 g/mol. The summed E-state index contributed by atoms with van der Waals surface area (Å²) in [6, 6.07) is 7.46. The topological polar surface area (TPSA) is 46.3 Å². The quantitative estimate of drug-likeness (QED) is 0.819. The normalized spacial score (nSPS) is 21.0. The van der Waals surface area contributed by atoms with Crippen molar-refractivity contribution in [3.63, 3.8) is 0 Å². The van der Waals surface area contributed by atoms with Gasteiger partial charge < -0.3 is 10.6 Å². The molecule has 1 aliphatic rings. The van der Waals surface area contributed by atoms with Crippen LogP contribution in [0.1, 0.15) is 37.3 Å². The summed E-state index contributed by atoms with van der Waals surface area (Å²) in [5.74, 6) is 0. The Bertz CT molecular complexity index is 391. The summed E-state index contributed by atoms with van der Waals surface area (Å²) < 4.78 is 0. The number of likely N-dealkylation sites (tertiary alicyclic amines) is 1. The Morgan fingerprint density at radius 3 is 2.59 bits per heavy atom. The van der Waals surface area contributed by atoms with Crippen molar-refractivity contribution in [2.45, 2.75) is 31.7 Å². The lowest BCUT2D eigenvalue weighted by Gasteiger charge is -2.28. The van der Waals surface area contributed by atoms with E-state index in [9.17, 15) is 4.79 Å². The molecule has 92 valence electrons. The molecule has 1 aromatic rings. The third-order valence-electron chi connectivity index (χ3n) is 3.29. The summed E-state index contributed by atoms with van der Waals surface area (Å²) in [5, 5.41) is 0.716. The summed E-state index contributed by atoms with van der Waals surface area (Å²) in [4.78, 5) is 13.3. The number of carbonyl (C=O) groups is 1. The Morgan fingerprint density at radius 1 is 1.24 bits per heavy atom. The largest absolute Gasteiger partial charge is 0.351 e. The third kappa shape index (κ3) is 2.91. The van der Waals surface area contributed by atoms with Crippen LogP contribution in [0.2, 0.25) is 5.02 Å². The Balaban J connectivity index is 2.25.